The SMILES string of the molecule is CCC[C@@H](O)[C@H](O)CO. The molecule has 0 aliphatic heterocycles. The van der Waals surface area contributed by atoms with Crippen LogP contribution >= 0.6 is 0 Å². The van der Waals surface area contributed by atoms with Crippen LogP contribution in [-0.4, -0.2) is 34.1 Å². The highest BCUT2D eigenvalue weighted by atomic mass is 16.4. The third-order valence-electron chi connectivity index (χ3n) is 1.22. The van der Waals surface area contributed by atoms with E-state index in [0.717, 1.165) is 6.42 Å². The quantitative estimate of drug-likeness (QED) is 0.486. The van der Waals surface area contributed by atoms with Gasteiger partial charge in [0.15, 0.2) is 0 Å². The molecule has 0 unspecified atom stereocenters. The highest BCUT2D eigenvalue weighted by Crippen LogP contribution is 2.00. The standard InChI is InChI=1S/C6H14O3/c1-2-3-5(8)6(9)4-7/h5-9H,2-4H2,1H3/t5-,6-/m1/s1. The van der Waals surface area contributed by atoms with Gasteiger partial charge in [0.1, 0.15) is 6.10 Å². The zero-order valence-electron chi connectivity index (χ0n) is 5.62. The van der Waals surface area contributed by atoms with Gasteiger partial charge in [-0.1, -0.05) is 13.3 Å². The predicted molar refractivity (Wildman–Crippen MR) is 34.0 cm³/mol. The van der Waals surface area contributed by atoms with Crippen LogP contribution in [0.4, 0.5) is 0 Å². The van der Waals surface area contributed by atoms with Crippen molar-refractivity contribution >= 4 is 0 Å². The summed E-state index contributed by atoms with van der Waals surface area (Å²) >= 11 is 0. The molecule has 0 bridgehead atoms. The first-order chi connectivity index (χ1) is 4.22. The number of rotatable bonds is 4. The van der Waals surface area contributed by atoms with Gasteiger partial charge < -0.3 is 15.3 Å². The van der Waals surface area contributed by atoms with Crippen molar-refractivity contribution in [1.82, 2.24) is 0 Å². The topological polar surface area (TPSA) is 60.7 Å². The summed E-state index contributed by atoms with van der Waals surface area (Å²) in [5.74, 6) is 0. The third-order valence-corrected chi connectivity index (χ3v) is 1.22. The maximum Gasteiger partial charge on any atom is 0.103 e. The summed E-state index contributed by atoms with van der Waals surface area (Å²) < 4.78 is 0. The van der Waals surface area contributed by atoms with Gasteiger partial charge in [0.2, 0.25) is 0 Å². The zero-order chi connectivity index (χ0) is 7.28. The van der Waals surface area contributed by atoms with Crippen LogP contribution in [0.15, 0.2) is 0 Å². The van der Waals surface area contributed by atoms with Crippen LogP contribution in [0.5, 0.6) is 0 Å². The van der Waals surface area contributed by atoms with Gasteiger partial charge in [0.25, 0.3) is 0 Å². The summed E-state index contributed by atoms with van der Waals surface area (Å²) in [5.41, 5.74) is 0. The molecule has 2 atom stereocenters. The normalized spacial score (nSPS) is 17.3. The molecule has 0 heterocycles. The Morgan fingerprint density at radius 1 is 1.22 bits per heavy atom. The average molecular weight is 134 g/mol. The minimum absolute atomic E-state index is 0.360. The second kappa shape index (κ2) is 4.73. The lowest BCUT2D eigenvalue weighted by Crippen LogP contribution is -2.28. The molecule has 0 aliphatic carbocycles. The van der Waals surface area contributed by atoms with E-state index in [1.165, 1.54) is 0 Å². The van der Waals surface area contributed by atoms with E-state index in [0.29, 0.717) is 6.42 Å². The molecule has 0 saturated heterocycles. The number of hydrogen-bond acceptors (Lipinski definition) is 3. The maximum absolute atomic E-state index is 8.91. The Kier molecular flexibility index (Phi) is 4.67. The van der Waals surface area contributed by atoms with Crippen LogP contribution in [0, 0.1) is 0 Å². The monoisotopic (exact) mass is 134 g/mol. The van der Waals surface area contributed by atoms with Gasteiger partial charge in [-0.25, -0.2) is 0 Å². The van der Waals surface area contributed by atoms with Gasteiger partial charge in [0, 0.05) is 0 Å². The summed E-state index contributed by atoms with van der Waals surface area (Å²) in [5, 5.41) is 26.0. The van der Waals surface area contributed by atoms with Gasteiger partial charge in [-0.3, -0.25) is 0 Å². The second-order valence-corrected chi connectivity index (χ2v) is 2.11. The number of hydrogen-bond donors (Lipinski definition) is 3. The average Bonchev–Trinajstić information content (AvgIpc) is 1.87. The van der Waals surface area contributed by atoms with E-state index in [1.54, 1.807) is 0 Å². The highest BCUT2D eigenvalue weighted by molar-refractivity contribution is 4.63. The van der Waals surface area contributed by atoms with E-state index in [4.69, 9.17) is 15.3 Å². The van der Waals surface area contributed by atoms with Crippen LogP contribution in [-0.2, 0) is 0 Å². The fourth-order valence-electron chi connectivity index (χ4n) is 0.610. The van der Waals surface area contributed by atoms with Gasteiger partial charge in [-0.15, -0.1) is 0 Å². The van der Waals surface area contributed by atoms with Crippen molar-refractivity contribution in [2.45, 2.75) is 32.0 Å². The van der Waals surface area contributed by atoms with Crippen LogP contribution in [0.3, 0.4) is 0 Å². The molecule has 9 heavy (non-hydrogen) atoms. The lowest BCUT2D eigenvalue weighted by atomic mass is 10.1. The second-order valence-electron chi connectivity index (χ2n) is 2.11. The predicted octanol–water partition coefficient (Wildman–Crippen LogP) is -0.499. The maximum atomic E-state index is 8.91. The van der Waals surface area contributed by atoms with Crippen molar-refractivity contribution in [2.24, 2.45) is 0 Å². The van der Waals surface area contributed by atoms with E-state index in [2.05, 4.69) is 0 Å². The van der Waals surface area contributed by atoms with Crippen LogP contribution in [0.2, 0.25) is 0 Å². The highest BCUT2D eigenvalue weighted by Gasteiger charge is 2.12. The molecule has 0 aliphatic rings. The first kappa shape index (κ1) is 8.88. The molecule has 3 N–H and O–H groups in total. The Hall–Kier alpha value is -0.120. The van der Waals surface area contributed by atoms with Crippen molar-refractivity contribution in [2.75, 3.05) is 6.61 Å². The van der Waals surface area contributed by atoms with Gasteiger partial charge in [-0.2, -0.15) is 0 Å². The molecule has 3 nitrogen and oxygen atoms in total. The van der Waals surface area contributed by atoms with Crippen molar-refractivity contribution in [1.29, 1.82) is 0 Å². The minimum atomic E-state index is -0.968. The lowest BCUT2D eigenvalue weighted by molar-refractivity contribution is -0.0177. The summed E-state index contributed by atoms with van der Waals surface area (Å²) in [6.45, 7) is 1.55. The smallest absolute Gasteiger partial charge is 0.103 e. The number of aliphatic hydroxyl groups excluding tert-OH is 3. The van der Waals surface area contributed by atoms with Crippen molar-refractivity contribution in [3.63, 3.8) is 0 Å². The molecule has 0 aromatic rings. The van der Waals surface area contributed by atoms with E-state index >= 15 is 0 Å². The van der Waals surface area contributed by atoms with Gasteiger partial charge in [0.05, 0.1) is 12.7 Å². The molecular weight excluding hydrogens is 120 g/mol. The Balaban J connectivity index is 3.32. The fourth-order valence-corrected chi connectivity index (χ4v) is 0.610. The fraction of sp³-hybridized carbons (Fsp3) is 1.00. The van der Waals surface area contributed by atoms with Gasteiger partial charge in [-0.05, 0) is 6.42 Å². The van der Waals surface area contributed by atoms with Gasteiger partial charge >= 0.3 is 0 Å². The third kappa shape index (κ3) is 3.46. The molecule has 0 aromatic heterocycles. The number of aliphatic hydroxyl groups is 3. The van der Waals surface area contributed by atoms with Crippen molar-refractivity contribution in [3.05, 3.63) is 0 Å². The van der Waals surface area contributed by atoms with Crippen LogP contribution in [0.1, 0.15) is 19.8 Å². The molecule has 3 heteroatoms. The first-order valence-corrected chi connectivity index (χ1v) is 3.19. The molecule has 56 valence electrons. The van der Waals surface area contributed by atoms with Crippen molar-refractivity contribution < 1.29 is 15.3 Å². The molecule has 0 fully saturated rings. The summed E-state index contributed by atoms with van der Waals surface area (Å²) in [7, 11) is 0. The molecule has 0 amide bonds. The summed E-state index contributed by atoms with van der Waals surface area (Å²) in [6, 6.07) is 0. The molecule has 0 aromatic carbocycles. The lowest BCUT2D eigenvalue weighted by Gasteiger charge is -2.13. The molecule has 0 saturated carbocycles. The molecular formula is C6H14O3. The van der Waals surface area contributed by atoms with E-state index < -0.39 is 12.2 Å². The van der Waals surface area contributed by atoms with E-state index in [-0.39, 0.29) is 6.61 Å². The van der Waals surface area contributed by atoms with Crippen molar-refractivity contribution in [3.8, 4) is 0 Å². The molecule has 0 spiro atoms. The van der Waals surface area contributed by atoms with E-state index in [1.807, 2.05) is 6.92 Å². The Morgan fingerprint density at radius 3 is 2.11 bits per heavy atom. The van der Waals surface area contributed by atoms with E-state index in [9.17, 15) is 0 Å². The largest absolute Gasteiger partial charge is 0.394 e. The molecule has 0 rings (SSSR count). The Labute approximate surface area is 54.9 Å². The van der Waals surface area contributed by atoms with Crippen LogP contribution in [0.25, 0.3) is 0 Å². The first-order valence-electron chi connectivity index (χ1n) is 3.19. The summed E-state index contributed by atoms with van der Waals surface area (Å²) in [4.78, 5) is 0. The minimum Gasteiger partial charge on any atom is -0.394 e. The Bertz CT molecular complexity index is 65.3. The zero-order valence-corrected chi connectivity index (χ0v) is 5.62. The Morgan fingerprint density at radius 2 is 1.78 bits per heavy atom. The summed E-state index contributed by atoms with van der Waals surface area (Å²) in [6.07, 6.45) is -0.370. The molecule has 0 radical (unpaired) electrons. The van der Waals surface area contributed by atoms with Crippen LogP contribution < -0.4 is 0 Å².